The predicted octanol–water partition coefficient (Wildman–Crippen LogP) is 2.05. The van der Waals surface area contributed by atoms with Crippen molar-refractivity contribution < 1.29 is 13.3 Å². The Balaban J connectivity index is 2.41. The van der Waals surface area contributed by atoms with Gasteiger partial charge in [0, 0.05) is 31.3 Å². The average molecular weight is 349 g/mol. The van der Waals surface area contributed by atoms with Crippen molar-refractivity contribution in [1.82, 2.24) is 4.31 Å². The van der Waals surface area contributed by atoms with Crippen LogP contribution in [0.2, 0.25) is 0 Å². The largest absolute Gasteiger partial charge is 0.329 e. The molecule has 24 heavy (non-hydrogen) atoms. The van der Waals surface area contributed by atoms with Gasteiger partial charge in [-0.15, -0.1) is 0 Å². The highest BCUT2D eigenvalue weighted by Crippen LogP contribution is 2.25. The molecule has 0 fully saturated rings. The first-order chi connectivity index (χ1) is 11.4. The summed E-state index contributed by atoms with van der Waals surface area (Å²) < 4.78 is 27.0. The molecule has 0 aromatic heterocycles. The highest BCUT2D eigenvalue weighted by Gasteiger charge is 2.26. The number of nitrogens with zero attached hydrogens (tertiary/aromatic N) is 2. The molecule has 2 aromatic carbocycles. The zero-order chi connectivity index (χ0) is 17.7. The third-order valence-corrected chi connectivity index (χ3v) is 5.44. The fraction of sp³-hybridized carbons (Fsp3) is 0.250. The van der Waals surface area contributed by atoms with Crippen molar-refractivity contribution in [1.29, 1.82) is 0 Å². The molecule has 0 spiro atoms. The molecule has 7 nitrogen and oxygen atoms in total. The fourth-order valence-corrected chi connectivity index (χ4v) is 3.77. The van der Waals surface area contributed by atoms with Crippen molar-refractivity contribution in [3.63, 3.8) is 0 Å². The number of hydrogen-bond donors (Lipinski definition) is 1. The summed E-state index contributed by atoms with van der Waals surface area (Å²) in [4.78, 5) is 10.4. The van der Waals surface area contributed by atoms with Crippen LogP contribution in [0.15, 0.2) is 53.4 Å². The van der Waals surface area contributed by atoms with Crippen molar-refractivity contribution in [2.24, 2.45) is 5.73 Å². The predicted molar refractivity (Wildman–Crippen MR) is 90.9 cm³/mol. The lowest BCUT2D eigenvalue weighted by Gasteiger charge is -2.21. The molecular weight excluding hydrogens is 330 g/mol. The Hall–Kier alpha value is -2.29. The number of nitro groups is 1. The Bertz CT molecular complexity index is 822. The van der Waals surface area contributed by atoms with E-state index in [-0.39, 0.29) is 30.2 Å². The second kappa shape index (κ2) is 7.52. The first-order valence-electron chi connectivity index (χ1n) is 7.35. The SMILES string of the molecule is Cc1ccc(S(=O)(=O)N(CCN)Cc2ccccc2)cc1[N+](=O)[O-]. The van der Waals surface area contributed by atoms with Crippen LogP contribution >= 0.6 is 0 Å². The number of benzene rings is 2. The summed E-state index contributed by atoms with van der Waals surface area (Å²) in [5.41, 5.74) is 6.55. The number of hydrogen-bond acceptors (Lipinski definition) is 5. The van der Waals surface area contributed by atoms with Gasteiger partial charge in [0.15, 0.2) is 0 Å². The number of aryl methyl sites for hydroxylation is 1. The van der Waals surface area contributed by atoms with E-state index in [2.05, 4.69) is 0 Å². The van der Waals surface area contributed by atoms with Crippen LogP contribution in [0.5, 0.6) is 0 Å². The van der Waals surface area contributed by atoms with Gasteiger partial charge in [0.25, 0.3) is 5.69 Å². The molecule has 0 aliphatic carbocycles. The molecule has 128 valence electrons. The van der Waals surface area contributed by atoms with Crippen molar-refractivity contribution >= 4 is 15.7 Å². The van der Waals surface area contributed by atoms with Crippen LogP contribution in [0.1, 0.15) is 11.1 Å². The molecule has 0 amide bonds. The van der Waals surface area contributed by atoms with E-state index in [0.29, 0.717) is 5.56 Å². The second-order valence-electron chi connectivity index (χ2n) is 5.32. The summed E-state index contributed by atoms with van der Waals surface area (Å²) in [6.45, 7) is 2.00. The number of nitro benzene ring substituents is 1. The van der Waals surface area contributed by atoms with Gasteiger partial charge in [-0.05, 0) is 18.6 Å². The van der Waals surface area contributed by atoms with E-state index in [0.717, 1.165) is 11.6 Å². The summed E-state index contributed by atoms with van der Waals surface area (Å²) in [5, 5.41) is 11.1. The Labute approximate surface area is 140 Å². The third-order valence-electron chi connectivity index (χ3n) is 3.60. The fourth-order valence-electron chi connectivity index (χ4n) is 2.31. The number of sulfonamides is 1. The summed E-state index contributed by atoms with van der Waals surface area (Å²) in [6, 6.07) is 13.0. The van der Waals surface area contributed by atoms with E-state index in [1.165, 1.54) is 16.4 Å². The van der Waals surface area contributed by atoms with Gasteiger partial charge in [-0.3, -0.25) is 10.1 Å². The Morgan fingerprint density at radius 1 is 1.17 bits per heavy atom. The molecule has 0 bridgehead atoms. The average Bonchev–Trinajstić information content (AvgIpc) is 2.55. The highest BCUT2D eigenvalue weighted by molar-refractivity contribution is 7.89. The lowest BCUT2D eigenvalue weighted by molar-refractivity contribution is -0.385. The molecule has 0 unspecified atom stereocenters. The van der Waals surface area contributed by atoms with E-state index in [9.17, 15) is 18.5 Å². The Morgan fingerprint density at radius 3 is 2.42 bits per heavy atom. The summed E-state index contributed by atoms with van der Waals surface area (Å²) in [5.74, 6) is 0. The Morgan fingerprint density at radius 2 is 1.83 bits per heavy atom. The minimum Gasteiger partial charge on any atom is -0.329 e. The summed E-state index contributed by atoms with van der Waals surface area (Å²) in [7, 11) is -3.89. The first-order valence-corrected chi connectivity index (χ1v) is 8.79. The van der Waals surface area contributed by atoms with Gasteiger partial charge in [0.05, 0.1) is 9.82 Å². The first kappa shape index (κ1) is 18.1. The normalized spacial score (nSPS) is 11.6. The molecule has 0 heterocycles. The smallest absolute Gasteiger partial charge is 0.273 e. The monoisotopic (exact) mass is 349 g/mol. The topological polar surface area (TPSA) is 107 Å². The van der Waals surface area contributed by atoms with Crippen LogP contribution in [0.4, 0.5) is 5.69 Å². The lowest BCUT2D eigenvalue weighted by Crippen LogP contribution is -2.35. The molecule has 2 aromatic rings. The molecule has 2 rings (SSSR count). The van der Waals surface area contributed by atoms with Crippen LogP contribution in [0, 0.1) is 17.0 Å². The summed E-state index contributed by atoms with van der Waals surface area (Å²) >= 11 is 0. The zero-order valence-corrected chi connectivity index (χ0v) is 14.1. The van der Waals surface area contributed by atoms with Gasteiger partial charge < -0.3 is 5.73 Å². The standard InChI is InChI=1S/C16H19N3O4S/c1-13-7-8-15(11-16(13)19(20)21)24(22,23)18(10-9-17)12-14-5-3-2-4-6-14/h2-8,11H,9-10,12,17H2,1H3. The molecule has 0 aliphatic rings. The van der Waals surface area contributed by atoms with Crippen molar-refractivity contribution in [2.45, 2.75) is 18.4 Å². The van der Waals surface area contributed by atoms with Crippen LogP contribution in [-0.4, -0.2) is 30.7 Å². The minimum absolute atomic E-state index is 0.107. The van der Waals surface area contributed by atoms with E-state index in [1.807, 2.05) is 30.3 Å². The van der Waals surface area contributed by atoms with Crippen LogP contribution in [0.3, 0.4) is 0 Å². The molecule has 0 saturated heterocycles. The highest BCUT2D eigenvalue weighted by atomic mass is 32.2. The second-order valence-corrected chi connectivity index (χ2v) is 7.26. The minimum atomic E-state index is -3.89. The van der Waals surface area contributed by atoms with Gasteiger partial charge >= 0.3 is 0 Å². The maximum atomic E-state index is 12.9. The molecule has 0 aliphatic heterocycles. The molecule has 2 N–H and O–H groups in total. The van der Waals surface area contributed by atoms with E-state index < -0.39 is 14.9 Å². The number of nitrogens with two attached hydrogens (primary N) is 1. The molecular formula is C16H19N3O4S. The molecule has 0 atom stereocenters. The van der Waals surface area contributed by atoms with Crippen LogP contribution in [-0.2, 0) is 16.6 Å². The maximum Gasteiger partial charge on any atom is 0.273 e. The van der Waals surface area contributed by atoms with Crippen molar-refractivity contribution in [2.75, 3.05) is 13.1 Å². The molecule has 0 radical (unpaired) electrons. The van der Waals surface area contributed by atoms with E-state index >= 15 is 0 Å². The lowest BCUT2D eigenvalue weighted by atomic mass is 10.2. The quantitative estimate of drug-likeness (QED) is 0.608. The summed E-state index contributed by atoms with van der Waals surface area (Å²) in [6.07, 6.45) is 0. The van der Waals surface area contributed by atoms with Crippen molar-refractivity contribution in [3.8, 4) is 0 Å². The van der Waals surface area contributed by atoms with E-state index in [1.54, 1.807) is 6.92 Å². The third kappa shape index (κ3) is 3.97. The van der Waals surface area contributed by atoms with Gasteiger partial charge in [-0.25, -0.2) is 8.42 Å². The zero-order valence-electron chi connectivity index (χ0n) is 13.3. The number of rotatable bonds is 7. The maximum absolute atomic E-state index is 12.9. The van der Waals surface area contributed by atoms with Crippen molar-refractivity contribution in [3.05, 3.63) is 69.8 Å². The van der Waals surface area contributed by atoms with Gasteiger partial charge in [0.1, 0.15) is 0 Å². The molecule has 0 saturated carbocycles. The Kier molecular flexibility index (Phi) is 5.66. The molecule has 8 heteroatoms. The van der Waals surface area contributed by atoms with Gasteiger partial charge in [-0.1, -0.05) is 36.4 Å². The van der Waals surface area contributed by atoms with Gasteiger partial charge in [0.2, 0.25) is 10.0 Å². The van der Waals surface area contributed by atoms with Gasteiger partial charge in [-0.2, -0.15) is 4.31 Å². The van der Waals surface area contributed by atoms with Crippen LogP contribution in [0.25, 0.3) is 0 Å². The van der Waals surface area contributed by atoms with Crippen LogP contribution < -0.4 is 5.73 Å². The van der Waals surface area contributed by atoms with E-state index in [4.69, 9.17) is 5.73 Å².